The Morgan fingerprint density at radius 2 is 2.36 bits per heavy atom. The number of ether oxygens (including phenoxy) is 1. The second-order valence-corrected chi connectivity index (χ2v) is 1.99. The summed E-state index contributed by atoms with van der Waals surface area (Å²) in [6, 6.07) is 0. The molecule has 60 valence electrons. The Balaban J connectivity index is 2.76. The zero-order valence-corrected chi connectivity index (χ0v) is 6.38. The number of carbonyl (C=O) groups is 1. The molecule has 0 amide bonds. The predicted molar refractivity (Wildman–Crippen MR) is 39.6 cm³/mol. The van der Waals surface area contributed by atoms with Gasteiger partial charge < -0.3 is 14.5 Å². The zero-order chi connectivity index (χ0) is 8.27. The van der Waals surface area contributed by atoms with Crippen molar-refractivity contribution in [2.45, 2.75) is 6.92 Å². The molecule has 1 aromatic rings. The van der Waals surface area contributed by atoms with Gasteiger partial charge in [-0.25, -0.2) is 0 Å². The molecule has 11 heavy (non-hydrogen) atoms. The number of hydrogen-bond acceptors (Lipinski definition) is 4. The van der Waals surface area contributed by atoms with Gasteiger partial charge in [0.15, 0.2) is 5.75 Å². The van der Waals surface area contributed by atoms with E-state index in [1.54, 1.807) is 7.05 Å². The number of anilines is 1. The summed E-state index contributed by atoms with van der Waals surface area (Å²) in [5.41, 5.74) is 0.667. The van der Waals surface area contributed by atoms with Gasteiger partial charge in [0.05, 0.1) is 0 Å². The largest absolute Gasteiger partial charge is 0.466 e. The third-order valence-electron chi connectivity index (χ3n) is 1.15. The average molecular weight is 155 g/mol. The Hall–Kier alpha value is -1.45. The summed E-state index contributed by atoms with van der Waals surface area (Å²) in [5.74, 6) is 0.0582. The van der Waals surface area contributed by atoms with Crippen LogP contribution in [0.2, 0.25) is 0 Å². The van der Waals surface area contributed by atoms with Gasteiger partial charge in [0.1, 0.15) is 18.2 Å². The molecule has 0 bridgehead atoms. The van der Waals surface area contributed by atoms with Crippen molar-refractivity contribution < 1.29 is 13.9 Å². The van der Waals surface area contributed by atoms with Crippen LogP contribution in [0.5, 0.6) is 5.75 Å². The van der Waals surface area contributed by atoms with E-state index in [-0.39, 0.29) is 5.97 Å². The summed E-state index contributed by atoms with van der Waals surface area (Å²) in [5, 5.41) is 2.81. The summed E-state index contributed by atoms with van der Waals surface area (Å²) in [4.78, 5) is 10.5. The molecule has 0 saturated carbocycles. The molecule has 1 heterocycles. The molecule has 0 saturated heterocycles. The lowest BCUT2D eigenvalue weighted by molar-refractivity contribution is -0.131. The molecule has 4 heteroatoms. The fourth-order valence-electron chi connectivity index (χ4n) is 0.701. The van der Waals surface area contributed by atoms with Crippen molar-refractivity contribution in [1.82, 2.24) is 0 Å². The lowest BCUT2D eigenvalue weighted by Gasteiger charge is -1.99. The maximum absolute atomic E-state index is 10.5. The number of hydrogen-bond donors (Lipinski definition) is 1. The molecule has 0 aromatic carbocycles. The molecular formula is C7H9NO3. The highest BCUT2D eigenvalue weighted by molar-refractivity contribution is 5.71. The smallest absolute Gasteiger partial charge is 0.308 e. The van der Waals surface area contributed by atoms with Crippen LogP contribution in [0, 0.1) is 0 Å². The number of furan rings is 1. The monoisotopic (exact) mass is 155 g/mol. The third-order valence-corrected chi connectivity index (χ3v) is 1.15. The first-order chi connectivity index (χ1) is 5.24. The van der Waals surface area contributed by atoms with Crippen molar-refractivity contribution in [3.8, 4) is 5.75 Å². The van der Waals surface area contributed by atoms with Crippen LogP contribution >= 0.6 is 0 Å². The van der Waals surface area contributed by atoms with Crippen LogP contribution in [0.3, 0.4) is 0 Å². The van der Waals surface area contributed by atoms with Crippen molar-refractivity contribution in [3.63, 3.8) is 0 Å². The summed E-state index contributed by atoms with van der Waals surface area (Å²) in [6.45, 7) is 1.34. The normalized spacial score (nSPS) is 9.27. The van der Waals surface area contributed by atoms with Crippen molar-refractivity contribution in [1.29, 1.82) is 0 Å². The molecule has 0 aliphatic carbocycles. The van der Waals surface area contributed by atoms with E-state index in [0.717, 1.165) is 0 Å². The van der Waals surface area contributed by atoms with Gasteiger partial charge in [-0.1, -0.05) is 0 Å². The first-order valence-corrected chi connectivity index (χ1v) is 3.16. The Labute approximate surface area is 64.1 Å². The topological polar surface area (TPSA) is 51.5 Å². The molecule has 1 rings (SSSR count). The Morgan fingerprint density at radius 3 is 2.91 bits per heavy atom. The van der Waals surface area contributed by atoms with Gasteiger partial charge in [-0.15, -0.1) is 0 Å². The summed E-state index contributed by atoms with van der Waals surface area (Å²) < 4.78 is 9.58. The van der Waals surface area contributed by atoms with Gasteiger partial charge in [-0.05, 0) is 0 Å². The van der Waals surface area contributed by atoms with Gasteiger partial charge in [0.25, 0.3) is 0 Å². The number of nitrogens with one attached hydrogen (secondary N) is 1. The fourth-order valence-corrected chi connectivity index (χ4v) is 0.701. The predicted octanol–water partition coefficient (Wildman–Crippen LogP) is 1.25. The lowest BCUT2D eigenvalue weighted by atomic mass is 10.5. The molecule has 0 aliphatic heterocycles. The van der Waals surface area contributed by atoms with Crippen LogP contribution in [-0.2, 0) is 4.79 Å². The maximum Gasteiger partial charge on any atom is 0.308 e. The van der Waals surface area contributed by atoms with E-state index in [9.17, 15) is 4.79 Å². The van der Waals surface area contributed by atoms with Crippen molar-refractivity contribution in [2.75, 3.05) is 12.4 Å². The highest BCUT2D eigenvalue weighted by atomic mass is 16.5. The van der Waals surface area contributed by atoms with Crippen molar-refractivity contribution >= 4 is 11.7 Å². The zero-order valence-electron chi connectivity index (χ0n) is 6.38. The van der Waals surface area contributed by atoms with Crippen molar-refractivity contribution in [3.05, 3.63) is 12.5 Å². The highest BCUT2D eigenvalue weighted by Crippen LogP contribution is 2.24. The maximum atomic E-state index is 10.5. The van der Waals surface area contributed by atoms with Gasteiger partial charge in [-0.3, -0.25) is 4.79 Å². The van der Waals surface area contributed by atoms with Crippen LogP contribution in [0.25, 0.3) is 0 Å². The number of carbonyl (C=O) groups excluding carboxylic acids is 1. The van der Waals surface area contributed by atoms with Gasteiger partial charge in [0, 0.05) is 14.0 Å². The summed E-state index contributed by atoms with van der Waals surface area (Å²) >= 11 is 0. The van der Waals surface area contributed by atoms with E-state index < -0.39 is 0 Å². The van der Waals surface area contributed by atoms with Crippen LogP contribution in [0.1, 0.15) is 6.92 Å². The Kier molecular flexibility index (Phi) is 2.15. The van der Waals surface area contributed by atoms with E-state index in [0.29, 0.717) is 11.4 Å². The van der Waals surface area contributed by atoms with E-state index >= 15 is 0 Å². The van der Waals surface area contributed by atoms with E-state index in [1.807, 2.05) is 0 Å². The van der Waals surface area contributed by atoms with E-state index in [1.165, 1.54) is 19.5 Å². The second-order valence-electron chi connectivity index (χ2n) is 1.99. The van der Waals surface area contributed by atoms with Gasteiger partial charge >= 0.3 is 5.97 Å². The minimum absolute atomic E-state index is 0.358. The van der Waals surface area contributed by atoms with Gasteiger partial charge in [-0.2, -0.15) is 0 Å². The summed E-state index contributed by atoms with van der Waals surface area (Å²) in [7, 11) is 1.72. The molecule has 0 unspecified atom stereocenters. The number of esters is 1. The van der Waals surface area contributed by atoms with Gasteiger partial charge in [0.2, 0.25) is 0 Å². The highest BCUT2D eigenvalue weighted by Gasteiger charge is 2.05. The van der Waals surface area contributed by atoms with Crippen LogP contribution in [-0.4, -0.2) is 13.0 Å². The molecule has 0 spiro atoms. The first kappa shape index (κ1) is 7.65. The standard InChI is InChI=1S/C7H9NO3/c1-5(9)11-7-4-10-3-6(7)8-2/h3-4,8H,1-2H3. The molecule has 1 aromatic heterocycles. The Bertz CT molecular complexity index is 254. The minimum Gasteiger partial charge on any atom is -0.466 e. The molecule has 0 atom stereocenters. The molecule has 1 N–H and O–H groups in total. The van der Waals surface area contributed by atoms with Crippen LogP contribution < -0.4 is 10.1 Å². The minimum atomic E-state index is -0.358. The summed E-state index contributed by atoms with van der Waals surface area (Å²) in [6.07, 6.45) is 2.84. The van der Waals surface area contributed by atoms with E-state index in [2.05, 4.69) is 5.32 Å². The van der Waals surface area contributed by atoms with Crippen LogP contribution in [0.4, 0.5) is 5.69 Å². The van der Waals surface area contributed by atoms with Crippen LogP contribution in [0.15, 0.2) is 16.9 Å². The molecule has 4 nitrogen and oxygen atoms in total. The van der Waals surface area contributed by atoms with E-state index in [4.69, 9.17) is 9.15 Å². The molecule has 0 fully saturated rings. The average Bonchev–Trinajstić information content (AvgIpc) is 2.34. The lowest BCUT2D eigenvalue weighted by Crippen LogP contribution is -2.02. The molecular weight excluding hydrogens is 146 g/mol. The van der Waals surface area contributed by atoms with Crippen molar-refractivity contribution in [2.24, 2.45) is 0 Å². The SMILES string of the molecule is CNc1cocc1OC(C)=O. The molecule has 0 radical (unpaired) electrons. The second kappa shape index (κ2) is 3.09. The number of rotatable bonds is 2. The third kappa shape index (κ3) is 1.73. The quantitative estimate of drug-likeness (QED) is 0.653. The first-order valence-electron chi connectivity index (χ1n) is 3.16. The molecule has 0 aliphatic rings. The fraction of sp³-hybridized carbons (Fsp3) is 0.286. The Morgan fingerprint density at radius 1 is 1.64 bits per heavy atom.